The van der Waals surface area contributed by atoms with Gasteiger partial charge in [-0.3, -0.25) is 0 Å². The quantitative estimate of drug-likeness (QED) is 0.705. The predicted molar refractivity (Wildman–Crippen MR) is 73.6 cm³/mol. The van der Waals surface area contributed by atoms with Crippen LogP contribution in [0.1, 0.15) is 38.6 Å². The van der Waals surface area contributed by atoms with Crippen molar-refractivity contribution in [2.24, 2.45) is 0 Å². The van der Waals surface area contributed by atoms with E-state index in [9.17, 15) is 0 Å². The van der Waals surface area contributed by atoms with Gasteiger partial charge in [0.1, 0.15) is 17.7 Å². The minimum Gasteiger partial charge on any atom is -0.375 e. The van der Waals surface area contributed by atoms with E-state index in [0.717, 1.165) is 18.7 Å². The summed E-state index contributed by atoms with van der Waals surface area (Å²) in [5, 5.41) is 0. The summed E-state index contributed by atoms with van der Waals surface area (Å²) < 4.78 is 22.6. The Labute approximate surface area is 115 Å². The first-order valence-electron chi connectivity index (χ1n) is 6.47. The molecule has 0 bridgehead atoms. The number of rotatable bonds is 9. The molecule has 0 saturated carbocycles. The van der Waals surface area contributed by atoms with Crippen LogP contribution in [0.4, 0.5) is 0 Å². The fraction of sp³-hybridized carbons (Fsp3) is 0.750. The highest BCUT2D eigenvalue weighted by molar-refractivity contribution is 6.62. The largest absolute Gasteiger partial charge is 0.530 e. The van der Waals surface area contributed by atoms with Gasteiger partial charge in [-0.2, -0.15) is 0 Å². The van der Waals surface area contributed by atoms with Crippen LogP contribution in [0.5, 0.6) is 0 Å². The van der Waals surface area contributed by atoms with Crippen LogP contribution in [-0.4, -0.2) is 45.8 Å². The lowest BCUT2D eigenvalue weighted by Gasteiger charge is -2.33. The molecule has 0 aliphatic carbocycles. The summed E-state index contributed by atoms with van der Waals surface area (Å²) >= 11 is 0. The van der Waals surface area contributed by atoms with Crippen molar-refractivity contribution >= 4 is 8.80 Å². The second kappa shape index (κ2) is 7.76. The maximum Gasteiger partial charge on any atom is 0.530 e. The van der Waals surface area contributed by atoms with E-state index < -0.39 is 8.80 Å². The Bertz CT molecular complexity index is 335. The van der Waals surface area contributed by atoms with E-state index in [1.807, 2.05) is 6.92 Å². The number of aromatic nitrogens is 2. The molecular weight excluding hydrogens is 264 g/mol. The minimum absolute atomic E-state index is 0.118. The molecule has 1 heterocycles. The molecule has 7 heteroatoms. The third kappa shape index (κ3) is 3.64. The Morgan fingerprint density at radius 3 is 2.16 bits per heavy atom. The van der Waals surface area contributed by atoms with E-state index in [4.69, 9.17) is 18.0 Å². The average molecular weight is 288 g/mol. The number of aromatic amines is 1. The van der Waals surface area contributed by atoms with E-state index in [0.29, 0.717) is 0 Å². The van der Waals surface area contributed by atoms with Crippen molar-refractivity contribution < 1.29 is 18.0 Å². The zero-order valence-electron chi connectivity index (χ0n) is 12.3. The van der Waals surface area contributed by atoms with Crippen LogP contribution in [0.3, 0.4) is 0 Å². The number of hydrogen-bond acceptors (Lipinski definition) is 5. The highest BCUT2D eigenvalue weighted by Crippen LogP contribution is 2.26. The first-order chi connectivity index (χ1) is 9.17. The fourth-order valence-electron chi connectivity index (χ4n) is 2.08. The summed E-state index contributed by atoms with van der Waals surface area (Å²) in [5.41, 5.74) is -0.220. The number of ether oxygens (including phenoxy) is 1. The van der Waals surface area contributed by atoms with E-state index in [2.05, 4.69) is 16.9 Å². The Morgan fingerprint density at radius 1 is 1.16 bits per heavy atom. The monoisotopic (exact) mass is 288 g/mol. The Balaban J connectivity index is 2.85. The van der Waals surface area contributed by atoms with Gasteiger partial charge in [0.25, 0.3) is 0 Å². The van der Waals surface area contributed by atoms with Crippen LogP contribution in [0.15, 0.2) is 12.4 Å². The van der Waals surface area contributed by atoms with Gasteiger partial charge in [-0.25, -0.2) is 4.98 Å². The number of imidazole rings is 1. The summed E-state index contributed by atoms with van der Waals surface area (Å²) in [7, 11) is 1.99. The topological polar surface area (TPSA) is 65.6 Å². The van der Waals surface area contributed by atoms with E-state index in [1.54, 1.807) is 33.7 Å². The van der Waals surface area contributed by atoms with Crippen molar-refractivity contribution in [3.05, 3.63) is 18.2 Å². The number of nitrogens with one attached hydrogen (secondary N) is 1. The summed E-state index contributed by atoms with van der Waals surface area (Å²) in [6.07, 6.45) is 4.95. The molecular formula is C12H24N2O4Si. The molecule has 0 radical (unpaired) electrons. The lowest BCUT2D eigenvalue weighted by atomic mass is 10.2. The molecule has 110 valence electrons. The van der Waals surface area contributed by atoms with Gasteiger partial charge in [0, 0.05) is 33.7 Å². The fourth-order valence-corrected chi connectivity index (χ4v) is 4.20. The Morgan fingerprint density at radius 2 is 1.79 bits per heavy atom. The molecule has 6 nitrogen and oxygen atoms in total. The first-order valence-corrected chi connectivity index (χ1v) is 8.27. The van der Waals surface area contributed by atoms with Crippen LogP contribution in [0, 0.1) is 0 Å². The molecule has 0 spiro atoms. The van der Waals surface area contributed by atoms with Crippen molar-refractivity contribution in [3.8, 4) is 0 Å². The Hall–Kier alpha value is -0.733. The molecule has 0 aromatic carbocycles. The lowest BCUT2D eigenvalue weighted by Crippen LogP contribution is -2.55. The lowest BCUT2D eigenvalue weighted by molar-refractivity contribution is -0.0350. The van der Waals surface area contributed by atoms with Gasteiger partial charge in [-0.05, 0) is 12.8 Å². The van der Waals surface area contributed by atoms with Gasteiger partial charge in [-0.15, -0.1) is 0 Å². The third-order valence-corrected chi connectivity index (χ3v) is 6.18. The summed E-state index contributed by atoms with van der Waals surface area (Å²) in [4.78, 5) is 7.33. The van der Waals surface area contributed by atoms with Gasteiger partial charge in [0.15, 0.2) is 0 Å². The first kappa shape index (κ1) is 16.3. The van der Waals surface area contributed by atoms with Gasteiger partial charge in [0.05, 0.1) is 0 Å². The maximum absolute atomic E-state index is 6.12. The minimum atomic E-state index is -2.80. The second-order valence-corrected chi connectivity index (χ2v) is 7.20. The van der Waals surface area contributed by atoms with Crippen LogP contribution < -0.4 is 0 Å². The molecule has 0 amide bonds. The van der Waals surface area contributed by atoms with E-state index >= 15 is 0 Å². The normalized spacial score (nSPS) is 15.4. The van der Waals surface area contributed by atoms with Crippen molar-refractivity contribution in [1.29, 1.82) is 0 Å². The van der Waals surface area contributed by atoms with Crippen molar-refractivity contribution in [1.82, 2.24) is 9.97 Å². The van der Waals surface area contributed by atoms with Crippen LogP contribution in [-0.2, 0) is 18.0 Å². The number of hydrogen-bond donors (Lipinski definition) is 1. The standard InChI is InChI=1S/C12H24N2O4Si/c1-6-10(12-13-8-9-14-12)18-11(7-2)19(15-3,16-4)17-5/h8-11H,6-7H2,1-5H3,(H,13,14). The molecule has 1 N–H and O–H groups in total. The molecule has 1 aromatic heterocycles. The summed E-state index contributed by atoms with van der Waals surface area (Å²) in [5.74, 6) is 0.812. The van der Waals surface area contributed by atoms with Crippen molar-refractivity contribution in [3.63, 3.8) is 0 Å². The molecule has 1 rings (SSSR count). The summed E-state index contributed by atoms with van der Waals surface area (Å²) in [6.45, 7) is 4.08. The van der Waals surface area contributed by atoms with E-state index in [-0.39, 0.29) is 11.8 Å². The van der Waals surface area contributed by atoms with Crippen LogP contribution in [0.25, 0.3) is 0 Å². The third-order valence-electron chi connectivity index (χ3n) is 3.14. The molecule has 1 aromatic rings. The van der Waals surface area contributed by atoms with Gasteiger partial charge >= 0.3 is 8.80 Å². The van der Waals surface area contributed by atoms with Crippen molar-refractivity contribution in [2.75, 3.05) is 21.3 Å². The van der Waals surface area contributed by atoms with Gasteiger partial charge < -0.3 is 23.0 Å². The SMILES string of the molecule is CCC(OC(CC)[Si](OC)(OC)OC)c1ncc[nH]1. The van der Waals surface area contributed by atoms with Crippen LogP contribution >= 0.6 is 0 Å². The van der Waals surface area contributed by atoms with Crippen molar-refractivity contribution in [2.45, 2.75) is 38.5 Å². The predicted octanol–water partition coefficient (Wildman–Crippen LogP) is 2.07. The average Bonchev–Trinajstić information content (AvgIpc) is 2.98. The highest BCUT2D eigenvalue weighted by atomic mass is 28.4. The molecule has 2 atom stereocenters. The summed E-state index contributed by atoms with van der Waals surface area (Å²) in [6, 6.07) is 0. The molecule has 2 unspecified atom stereocenters. The molecule has 0 aliphatic rings. The second-order valence-electron chi connectivity index (χ2n) is 4.12. The highest BCUT2D eigenvalue weighted by Gasteiger charge is 2.48. The zero-order valence-corrected chi connectivity index (χ0v) is 13.3. The zero-order chi connectivity index (χ0) is 14.3. The number of H-pyrrole nitrogens is 1. The molecule has 0 aliphatic heterocycles. The molecule has 19 heavy (non-hydrogen) atoms. The maximum atomic E-state index is 6.12. The van der Waals surface area contributed by atoms with E-state index in [1.165, 1.54) is 0 Å². The van der Waals surface area contributed by atoms with Crippen LogP contribution in [0.2, 0.25) is 0 Å². The number of nitrogens with zero attached hydrogens (tertiary/aromatic N) is 1. The molecule has 0 saturated heterocycles. The smallest absolute Gasteiger partial charge is 0.375 e. The van der Waals surface area contributed by atoms with Gasteiger partial charge in [0.2, 0.25) is 0 Å². The van der Waals surface area contributed by atoms with Gasteiger partial charge in [-0.1, -0.05) is 13.8 Å². The molecule has 0 fully saturated rings. The Kier molecular flexibility index (Phi) is 6.67.